The van der Waals surface area contributed by atoms with E-state index < -0.39 is 0 Å². The minimum absolute atomic E-state index is 0.726. The Bertz CT molecular complexity index is 352. The molecule has 17 heavy (non-hydrogen) atoms. The van der Waals surface area contributed by atoms with Crippen LogP contribution in [-0.4, -0.2) is 38.1 Å². The minimum atomic E-state index is 0.726. The number of piperazine rings is 1. The lowest BCUT2D eigenvalue weighted by atomic mass is 10.0. The first-order valence-electron chi connectivity index (χ1n) is 6.68. The smallest absolute Gasteiger partial charge is 0.0399 e. The van der Waals surface area contributed by atoms with Crippen molar-refractivity contribution in [3.63, 3.8) is 0 Å². The van der Waals surface area contributed by atoms with Gasteiger partial charge in [0.15, 0.2) is 0 Å². The van der Waals surface area contributed by atoms with Gasteiger partial charge < -0.3 is 9.80 Å². The maximum atomic E-state index is 2.54. The normalized spacial score (nSPS) is 17.8. The molecule has 1 aliphatic heterocycles. The van der Waals surface area contributed by atoms with Crippen LogP contribution >= 0.6 is 0 Å². The third-order valence-electron chi connectivity index (χ3n) is 3.46. The van der Waals surface area contributed by atoms with Crippen LogP contribution < -0.4 is 4.90 Å². The summed E-state index contributed by atoms with van der Waals surface area (Å²) in [6.07, 6.45) is 1.18. The average Bonchev–Trinajstić information content (AvgIpc) is 2.30. The summed E-state index contributed by atoms with van der Waals surface area (Å²) in [4.78, 5) is 4.94. The first-order chi connectivity index (χ1) is 8.16. The number of hydrogen-bond donors (Lipinski definition) is 0. The van der Waals surface area contributed by atoms with Gasteiger partial charge >= 0.3 is 0 Å². The van der Waals surface area contributed by atoms with Crippen LogP contribution in [0.1, 0.15) is 19.4 Å². The summed E-state index contributed by atoms with van der Waals surface area (Å²) in [5.41, 5.74) is 2.96. The SMILES string of the molecule is CC(C)Cc1ccccc1N1CCN(C)CC1. The molecule has 1 aromatic rings. The topological polar surface area (TPSA) is 6.48 Å². The van der Waals surface area contributed by atoms with Crippen molar-refractivity contribution in [1.82, 2.24) is 4.90 Å². The Labute approximate surface area is 105 Å². The van der Waals surface area contributed by atoms with Crippen LogP contribution in [-0.2, 0) is 6.42 Å². The maximum Gasteiger partial charge on any atom is 0.0399 e. The summed E-state index contributed by atoms with van der Waals surface area (Å²) in [6, 6.07) is 8.89. The number of anilines is 1. The first-order valence-corrected chi connectivity index (χ1v) is 6.68. The number of nitrogens with zero attached hydrogens (tertiary/aromatic N) is 2. The highest BCUT2D eigenvalue weighted by molar-refractivity contribution is 5.54. The van der Waals surface area contributed by atoms with Gasteiger partial charge in [-0.1, -0.05) is 32.0 Å². The van der Waals surface area contributed by atoms with Crippen LogP contribution in [0.4, 0.5) is 5.69 Å². The molecule has 0 aliphatic carbocycles. The molecule has 0 unspecified atom stereocenters. The van der Waals surface area contributed by atoms with Gasteiger partial charge in [-0.05, 0) is 31.0 Å². The van der Waals surface area contributed by atoms with Crippen molar-refractivity contribution in [3.8, 4) is 0 Å². The molecule has 1 aliphatic rings. The summed E-state index contributed by atoms with van der Waals surface area (Å²) in [7, 11) is 2.21. The van der Waals surface area contributed by atoms with Gasteiger partial charge in [-0.15, -0.1) is 0 Å². The molecule has 0 amide bonds. The fraction of sp³-hybridized carbons (Fsp3) is 0.600. The highest BCUT2D eigenvalue weighted by atomic mass is 15.2. The molecule has 0 N–H and O–H groups in total. The molecule has 0 aromatic heterocycles. The molecule has 0 atom stereocenters. The molecule has 0 bridgehead atoms. The van der Waals surface area contributed by atoms with Crippen molar-refractivity contribution in [1.29, 1.82) is 0 Å². The molecule has 2 rings (SSSR count). The molecule has 1 saturated heterocycles. The Balaban J connectivity index is 2.14. The molecule has 0 spiro atoms. The zero-order valence-electron chi connectivity index (χ0n) is 11.3. The fourth-order valence-corrected chi connectivity index (χ4v) is 2.48. The molecule has 2 nitrogen and oxygen atoms in total. The lowest BCUT2D eigenvalue weighted by molar-refractivity contribution is 0.312. The summed E-state index contributed by atoms with van der Waals surface area (Å²) < 4.78 is 0. The van der Waals surface area contributed by atoms with Crippen LogP contribution in [0.3, 0.4) is 0 Å². The van der Waals surface area contributed by atoms with Crippen molar-refractivity contribution < 1.29 is 0 Å². The maximum absolute atomic E-state index is 2.54. The Hall–Kier alpha value is -1.02. The Kier molecular flexibility index (Phi) is 4.06. The molecule has 0 saturated carbocycles. The van der Waals surface area contributed by atoms with E-state index in [0.29, 0.717) is 0 Å². The third kappa shape index (κ3) is 3.22. The van der Waals surface area contributed by atoms with Crippen molar-refractivity contribution in [2.45, 2.75) is 20.3 Å². The van der Waals surface area contributed by atoms with Crippen LogP contribution in [0, 0.1) is 5.92 Å². The van der Waals surface area contributed by atoms with Gasteiger partial charge in [0.05, 0.1) is 0 Å². The first kappa shape index (κ1) is 12.4. The van der Waals surface area contributed by atoms with Crippen LogP contribution in [0.5, 0.6) is 0 Å². The monoisotopic (exact) mass is 232 g/mol. The van der Waals surface area contributed by atoms with E-state index in [2.05, 4.69) is 55.0 Å². The summed E-state index contributed by atoms with van der Waals surface area (Å²) in [5, 5.41) is 0. The van der Waals surface area contributed by atoms with E-state index in [1.165, 1.54) is 30.8 Å². The Morgan fingerprint density at radius 3 is 2.35 bits per heavy atom. The van der Waals surface area contributed by atoms with Crippen LogP contribution in [0.2, 0.25) is 0 Å². The van der Waals surface area contributed by atoms with Gasteiger partial charge in [0, 0.05) is 31.9 Å². The van der Waals surface area contributed by atoms with Gasteiger partial charge in [0.25, 0.3) is 0 Å². The summed E-state index contributed by atoms with van der Waals surface area (Å²) in [5.74, 6) is 0.726. The van der Waals surface area contributed by atoms with E-state index in [1.54, 1.807) is 0 Å². The third-order valence-corrected chi connectivity index (χ3v) is 3.46. The standard InChI is InChI=1S/C15H24N2/c1-13(2)12-14-6-4-5-7-15(14)17-10-8-16(3)9-11-17/h4-7,13H,8-12H2,1-3H3. The van der Waals surface area contributed by atoms with E-state index in [0.717, 1.165) is 19.0 Å². The Morgan fingerprint density at radius 2 is 1.71 bits per heavy atom. The molecule has 1 aromatic carbocycles. The number of benzene rings is 1. The van der Waals surface area contributed by atoms with E-state index in [-0.39, 0.29) is 0 Å². The van der Waals surface area contributed by atoms with Gasteiger partial charge in [0.2, 0.25) is 0 Å². The zero-order valence-corrected chi connectivity index (χ0v) is 11.3. The minimum Gasteiger partial charge on any atom is -0.369 e. The van der Waals surface area contributed by atoms with E-state index in [4.69, 9.17) is 0 Å². The molecular weight excluding hydrogens is 208 g/mol. The van der Waals surface area contributed by atoms with E-state index >= 15 is 0 Å². The van der Waals surface area contributed by atoms with E-state index in [1.807, 2.05) is 0 Å². The fourth-order valence-electron chi connectivity index (χ4n) is 2.48. The summed E-state index contributed by atoms with van der Waals surface area (Å²) in [6.45, 7) is 9.25. The predicted octanol–water partition coefficient (Wildman–Crippen LogP) is 2.64. The highest BCUT2D eigenvalue weighted by Crippen LogP contribution is 2.24. The number of likely N-dealkylation sites (N-methyl/N-ethyl adjacent to an activating group) is 1. The van der Waals surface area contributed by atoms with Gasteiger partial charge in [-0.3, -0.25) is 0 Å². The number of hydrogen-bond acceptors (Lipinski definition) is 2. The van der Waals surface area contributed by atoms with Gasteiger partial charge in [0.1, 0.15) is 0 Å². The Morgan fingerprint density at radius 1 is 1.06 bits per heavy atom. The van der Waals surface area contributed by atoms with E-state index in [9.17, 15) is 0 Å². The lowest BCUT2D eigenvalue weighted by Crippen LogP contribution is -2.44. The van der Waals surface area contributed by atoms with Gasteiger partial charge in [-0.25, -0.2) is 0 Å². The van der Waals surface area contributed by atoms with Crippen molar-refractivity contribution in [2.24, 2.45) is 5.92 Å². The molecule has 94 valence electrons. The van der Waals surface area contributed by atoms with Crippen LogP contribution in [0.25, 0.3) is 0 Å². The molecule has 2 heteroatoms. The second-order valence-electron chi connectivity index (χ2n) is 5.52. The highest BCUT2D eigenvalue weighted by Gasteiger charge is 2.16. The van der Waals surface area contributed by atoms with Crippen molar-refractivity contribution >= 4 is 5.69 Å². The molecule has 0 radical (unpaired) electrons. The quantitative estimate of drug-likeness (QED) is 0.790. The largest absolute Gasteiger partial charge is 0.369 e. The molecular formula is C15H24N2. The predicted molar refractivity (Wildman–Crippen MR) is 74.7 cm³/mol. The molecule has 1 fully saturated rings. The molecule has 1 heterocycles. The average molecular weight is 232 g/mol. The summed E-state index contributed by atoms with van der Waals surface area (Å²) >= 11 is 0. The zero-order chi connectivity index (χ0) is 12.3. The number of rotatable bonds is 3. The second-order valence-corrected chi connectivity index (χ2v) is 5.52. The van der Waals surface area contributed by atoms with Gasteiger partial charge in [-0.2, -0.15) is 0 Å². The second kappa shape index (κ2) is 5.54. The van der Waals surface area contributed by atoms with Crippen LogP contribution in [0.15, 0.2) is 24.3 Å². The van der Waals surface area contributed by atoms with Crippen molar-refractivity contribution in [2.75, 3.05) is 38.1 Å². The number of para-hydroxylation sites is 1. The van der Waals surface area contributed by atoms with Crippen molar-refractivity contribution in [3.05, 3.63) is 29.8 Å². The lowest BCUT2D eigenvalue weighted by Gasteiger charge is -2.35.